The van der Waals surface area contributed by atoms with Crippen molar-refractivity contribution >= 4 is 10.8 Å². The molecule has 1 aliphatic heterocycles. The molecule has 4 aromatic rings. The molecule has 1 aliphatic rings. The number of aromatic nitrogens is 1. The lowest BCUT2D eigenvalue weighted by atomic mass is 9.98. The highest BCUT2D eigenvalue weighted by molar-refractivity contribution is 5.87. The first-order valence-electron chi connectivity index (χ1n) is 8.41. The lowest BCUT2D eigenvalue weighted by Gasteiger charge is -2.07. The molecule has 1 heteroatoms. The summed E-state index contributed by atoms with van der Waals surface area (Å²) in [4.78, 5) is 0. The smallest absolute Gasteiger partial charge is 0.193 e. The van der Waals surface area contributed by atoms with Crippen molar-refractivity contribution in [2.24, 2.45) is 0 Å². The van der Waals surface area contributed by atoms with Gasteiger partial charge in [-0.15, -0.1) is 0 Å². The fourth-order valence-electron chi connectivity index (χ4n) is 3.81. The van der Waals surface area contributed by atoms with Crippen LogP contribution in [0.25, 0.3) is 33.2 Å². The number of hydrogen-bond acceptors (Lipinski definition) is 0. The van der Waals surface area contributed by atoms with Crippen molar-refractivity contribution < 1.29 is 4.57 Å². The summed E-state index contributed by atoms with van der Waals surface area (Å²) in [5.41, 5.74) is 8.04. The second-order valence-corrected chi connectivity index (χ2v) is 6.60. The number of pyridine rings is 1. The quantitative estimate of drug-likeness (QED) is 0.378. The van der Waals surface area contributed by atoms with Crippen LogP contribution < -0.4 is 4.57 Å². The van der Waals surface area contributed by atoms with E-state index in [1.54, 1.807) is 0 Å². The molecule has 5 rings (SSSR count). The molecule has 0 unspecified atom stereocenters. The van der Waals surface area contributed by atoms with Crippen LogP contribution in [0.15, 0.2) is 79.0 Å². The maximum Gasteiger partial charge on any atom is 0.213 e. The molecule has 0 spiro atoms. The Labute approximate surface area is 141 Å². The van der Waals surface area contributed by atoms with Crippen molar-refractivity contribution in [3.63, 3.8) is 0 Å². The molecule has 3 aromatic carbocycles. The SMILES string of the molecule is Cc1cc2[n+](cc1-c1ccc3ccccc3c1)Cc1ccccc1-2. The highest BCUT2D eigenvalue weighted by atomic mass is 15.0. The lowest BCUT2D eigenvalue weighted by molar-refractivity contribution is -0.671. The van der Waals surface area contributed by atoms with Crippen LogP contribution in [0.2, 0.25) is 0 Å². The minimum absolute atomic E-state index is 0.965. The maximum absolute atomic E-state index is 2.38. The van der Waals surface area contributed by atoms with Crippen LogP contribution in [0.4, 0.5) is 0 Å². The number of nitrogens with zero attached hydrogens (tertiary/aromatic N) is 1. The van der Waals surface area contributed by atoms with E-state index in [0.29, 0.717) is 0 Å². The summed E-state index contributed by atoms with van der Waals surface area (Å²) in [5.74, 6) is 0. The van der Waals surface area contributed by atoms with Gasteiger partial charge in [-0.3, -0.25) is 0 Å². The average Bonchev–Trinajstić information content (AvgIpc) is 2.98. The fourth-order valence-corrected chi connectivity index (χ4v) is 3.81. The van der Waals surface area contributed by atoms with E-state index in [2.05, 4.69) is 90.5 Å². The van der Waals surface area contributed by atoms with Gasteiger partial charge in [0.05, 0.1) is 5.56 Å². The Morgan fingerprint density at radius 1 is 0.750 bits per heavy atom. The summed E-state index contributed by atoms with van der Waals surface area (Å²) in [6.07, 6.45) is 2.31. The second-order valence-electron chi connectivity index (χ2n) is 6.60. The monoisotopic (exact) mass is 308 g/mol. The minimum Gasteiger partial charge on any atom is -0.193 e. The van der Waals surface area contributed by atoms with Crippen LogP contribution >= 0.6 is 0 Å². The molecule has 0 saturated heterocycles. The standard InChI is InChI=1S/C23H18N/c1-16-12-23-21-9-5-4-8-20(21)14-24(23)15-22(16)19-11-10-17-6-2-3-7-18(17)13-19/h2-13,15H,14H2,1H3/q+1. The van der Waals surface area contributed by atoms with Gasteiger partial charge >= 0.3 is 0 Å². The minimum atomic E-state index is 0.965. The lowest BCUT2D eigenvalue weighted by Crippen LogP contribution is -2.32. The van der Waals surface area contributed by atoms with E-state index in [4.69, 9.17) is 0 Å². The molecule has 1 nitrogen and oxygen atoms in total. The predicted octanol–water partition coefficient (Wildman–Crippen LogP) is 5.13. The van der Waals surface area contributed by atoms with Gasteiger partial charge in [-0.1, -0.05) is 54.6 Å². The molecular weight excluding hydrogens is 290 g/mol. The zero-order valence-corrected chi connectivity index (χ0v) is 13.7. The van der Waals surface area contributed by atoms with E-state index in [1.807, 2.05) is 0 Å². The summed E-state index contributed by atoms with van der Waals surface area (Å²) in [5, 5.41) is 2.59. The van der Waals surface area contributed by atoms with Crippen LogP contribution in [0.1, 0.15) is 11.1 Å². The molecule has 0 amide bonds. The Morgan fingerprint density at radius 3 is 2.46 bits per heavy atom. The van der Waals surface area contributed by atoms with Crippen molar-refractivity contribution in [1.82, 2.24) is 0 Å². The van der Waals surface area contributed by atoms with E-state index in [0.717, 1.165) is 6.54 Å². The van der Waals surface area contributed by atoms with Crippen LogP contribution in [0, 0.1) is 6.92 Å². The molecule has 0 bridgehead atoms. The van der Waals surface area contributed by atoms with E-state index in [-0.39, 0.29) is 0 Å². The van der Waals surface area contributed by atoms with Gasteiger partial charge in [0.1, 0.15) is 0 Å². The van der Waals surface area contributed by atoms with Crippen molar-refractivity contribution in [2.45, 2.75) is 13.5 Å². The number of benzene rings is 3. The van der Waals surface area contributed by atoms with Crippen molar-refractivity contribution in [3.8, 4) is 22.4 Å². The molecular formula is C23H18N+. The number of fused-ring (bicyclic) bond motifs is 4. The molecule has 114 valence electrons. The third kappa shape index (κ3) is 1.98. The van der Waals surface area contributed by atoms with Gasteiger partial charge in [-0.05, 0) is 41.0 Å². The predicted molar refractivity (Wildman–Crippen MR) is 98.9 cm³/mol. The number of hydrogen-bond donors (Lipinski definition) is 0. The Morgan fingerprint density at radius 2 is 1.54 bits per heavy atom. The van der Waals surface area contributed by atoms with E-state index in [9.17, 15) is 0 Å². The molecule has 0 atom stereocenters. The highest BCUT2D eigenvalue weighted by Gasteiger charge is 2.26. The number of rotatable bonds is 1. The summed E-state index contributed by atoms with van der Waals surface area (Å²) >= 11 is 0. The van der Waals surface area contributed by atoms with Gasteiger partial charge in [0.2, 0.25) is 5.69 Å². The van der Waals surface area contributed by atoms with Gasteiger partial charge < -0.3 is 0 Å². The molecule has 24 heavy (non-hydrogen) atoms. The summed E-state index contributed by atoms with van der Waals surface area (Å²) in [6.45, 7) is 3.18. The van der Waals surface area contributed by atoms with Crippen LogP contribution in [-0.2, 0) is 6.54 Å². The zero-order valence-electron chi connectivity index (χ0n) is 13.7. The van der Waals surface area contributed by atoms with Gasteiger partial charge in [0, 0.05) is 17.2 Å². The molecule has 2 heterocycles. The normalized spacial score (nSPS) is 12.2. The van der Waals surface area contributed by atoms with Crippen LogP contribution in [0.3, 0.4) is 0 Å². The summed E-state index contributed by atoms with van der Waals surface area (Å²) in [6, 6.07) is 26.3. The first-order valence-corrected chi connectivity index (χ1v) is 8.41. The molecule has 0 saturated carbocycles. The zero-order chi connectivity index (χ0) is 16.1. The van der Waals surface area contributed by atoms with Crippen LogP contribution in [0.5, 0.6) is 0 Å². The average molecular weight is 308 g/mol. The summed E-state index contributed by atoms with van der Waals surface area (Å²) in [7, 11) is 0. The fraction of sp³-hybridized carbons (Fsp3) is 0.0870. The Bertz CT molecular complexity index is 1090. The van der Waals surface area contributed by atoms with Crippen LogP contribution in [-0.4, -0.2) is 0 Å². The molecule has 0 aliphatic carbocycles. The van der Waals surface area contributed by atoms with E-state index >= 15 is 0 Å². The van der Waals surface area contributed by atoms with Gasteiger partial charge in [0.25, 0.3) is 0 Å². The van der Waals surface area contributed by atoms with E-state index < -0.39 is 0 Å². The number of aryl methyl sites for hydroxylation is 1. The van der Waals surface area contributed by atoms with E-state index in [1.165, 1.54) is 44.3 Å². The largest absolute Gasteiger partial charge is 0.213 e. The highest BCUT2D eigenvalue weighted by Crippen LogP contribution is 2.32. The third-order valence-corrected chi connectivity index (χ3v) is 5.07. The van der Waals surface area contributed by atoms with Gasteiger partial charge in [0.15, 0.2) is 12.7 Å². The van der Waals surface area contributed by atoms with Crippen molar-refractivity contribution in [1.29, 1.82) is 0 Å². The van der Waals surface area contributed by atoms with Gasteiger partial charge in [-0.25, -0.2) is 0 Å². The third-order valence-electron chi connectivity index (χ3n) is 5.07. The maximum atomic E-state index is 2.38. The Kier molecular flexibility index (Phi) is 2.83. The topological polar surface area (TPSA) is 3.88 Å². The Balaban J connectivity index is 1.68. The second kappa shape index (κ2) is 5.04. The first kappa shape index (κ1) is 13.5. The molecule has 0 fully saturated rings. The van der Waals surface area contributed by atoms with Crippen molar-refractivity contribution in [3.05, 3.63) is 90.1 Å². The van der Waals surface area contributed by atoms with Crippen molar-refractivity contribution in [2.75, 3.05) is 0 Å². The van der Waals surface area contributed by atoms with Gasteiger partial charge in [-0.2, -0.15) is 4.57 Å². The summed E-state index contributed by atoms with van der Waals surface area (Å²) < 4.78 is 2.38. The molecule has 0 radical (unpaired) electrons. The Hall–Kier alpha value is -2.93. The molecule has 1 aromatic heterocycles. The first-order chi connectivity index (χ1) is 11.8. The molecule has 0 N–H and O–H groups in total.